The Morgan fingerprint density at radius 2 is 1.86 bits per heavy atom. The minimum Gasteiger partial charge on any atom is -0.381 e. The summed E-state index contributed by atoms with van der Waals surface area (Å²) in [5, 5.41) is 8.91. The maximum Gasteiger partial charge on any atom is 0.243 e. The van der Waals surface area contributed by atoms with Gasteiger partial charge < -0.3 is 9.47 Å². The SMILES string of the molecule is N#Cc1ccc(S(=O)(=O)N2CCC3(CC2)CC(CCOCC2CC2)CCO3)cc1. The van der Waals surface area contributed by atoms with Crippen molar-refractivity contribution in [1.82, 2.24) is 4.31 Å². The Labute approximate surface area is 173 Å². The third-order valence-electron chi connectivity index (χ3n) is 6.57. The highest BCUT2D eigenvalue weighted by Crippen LogP contribution is 2.40. The molecule has 1 aliphatic carbocycles. The van der Waals surface area contributed by atoms with Crippen LogP contribution in [-0.4, -0.2) is 51.2 Å². The standard InChI is InChI=1S/C22H30N2O4S/c23-16-19-3-5-21(6-4-19)29(25,26)24-11-9-22(10-12-24)15-18(8-14-28-22)7-13-27-17-20-1-2-20/h3-6,18,20H,1-2,7-15,17H2. The van der Waals surface area contributed by atoms with Crippen LogP contribution in [0.5, 0.6) is 0 Å². The third kappa shape index (κ3) is 5.00. The van der Waals surface area contributed by atoms with E-state index in [-0.39, 0.29) is 10.5 Å². The number of hydrogen-bond acceptors (Lipinski definition) is 5. The molecule has 6 nitrogen and oxygen atoms in total. The van der Waals surface area contributed by atoms with Gasteiger partial charge >= 0.3 is 0 Å². The summed E-state index contributed by atoms with van der Waals surface area (Å²) in [6, 6.07) is 8.17. The molecule has 1 spiro atoms. The van der Waals surface area contributed by atoms with Gasteiger partial charge in [-0.25, -0.2) is 8.42 Å². The maximum absolute atomic E-state index is 12.9. The van der Waals surface area contributed by atoms with Crippen LogP contribution in [0.15, 0.2) is 29.2 Å². The quantitative estimate of drug-likeness (QED) is 0.635. The van der Waals surface area contributed by atoms with E-state index in [2.05, 4.69) is 0 Å². The number of hydrogen-bond donors (Lipinski definition) is 0. The lowest BCUT2D eigenvalue weighted by atomic mass is 9.79. The molecule has 3 fully saturated rings. The molecular weight excluding hydrogens is 388 g/mol. The molecule has 158 valence electrons. The predicted molar refractivity (Wildman–Crippen MR) is 109 cm³/mol. The van der Waals surface area contributed by atoms with Gasteiger partial charge in [0.2, 0.25) is 10.0 Å². The molecule has 0 bridgehead atoms. The Bertz CT molecular complexity index is 835. The van der Waals surface area contributed by atoms with E-state index in [1.807, 2.05) is 6.07 Å². The number of sulfonamides is 1. The largest absolute Gasteiger partial charge is 0.381 e. The van der Waals surface area contributed by atoms with E-state index in [0.29, 0.717) is 24.6 Å². The summed E-state index contributed by atoms with van der Waals surface area (Å²) >= 11 is 0. The van der Waals surface area contributed by atoms with Crippen LogP contribution in [0.4, 0.5) is 0 Å². The molecule has 2 saturated heterocycles. The molecule has 0 N–H and O–H groups in total. The molecule has 0 amide bonds. The molecule has 2 aliphatic heterocycles. The Morgan fingerprint density at radius 1 is 1.14 bits per heavy atom. The van der Waals surface area contributed by atoms with Gasteiger partial charge in [0, 0.05) is 32.9 Å². The van der Waals surface area contributed by atoms with E-state index in [4.69, 9.17) is 14.7 Å². The van der Waals surface area contributed by atoms with E-state index in [1.54, 1.807) is 16.4 Å². The molecule has 1 aromatic carbocycles. The fourth-order valence-corrected chi connectivity index (χ4v) is 5.93. The van der Waals surface area contributed by atoms with Crippen molar-refractivity contribution in [2.45, 2.75) is 55.4 Å². The predicted octanol–water partition coefficient (Wildman–Crippen LogP) is 3.32. The summed E-state index contributed by atoms with van der Waals surface area (Å²) in [6.07, 6.45) is 7.27. The second kappa shape index (κ2) is 8.73. The minimum absolute atomic E-state index is 0.184. The van der Waals surface area contributed by atoms with Crippen LogP contribution in [0.2, 0.25) is 0 Å². The lowest BCUT2D eigenvalue weighted by Gasteiger charge is -2.46. The number of ether oxygens (including phenoxy) is 2. The monoisotopic (exact) mass is 418 g/mol. The van der Waals surface area contributed by atoms with Gasteiger partial charge in [0.1, 0.15) is 0 Å². The van der Waals surface area contributed by atoms with Gasteiger partial charge in [-0.1, -0.05) is 0 Å². The normalized spacial score (nSPS) is 25.0. The van der Waals surface area contributed by atoms with Gasteiger partial charge in [-0.2, -0.15) is 9.57 Å². The maximum atomic E-state index is 12.9. The Morgan fingerprint density at radius 3 is 2.52 bits per heavy atom. The molecule has 1 saturated carbocycles. The van der Waals surface area contributed by atoms with Gasteiger partial charge in [-0.15, -0.1) is 0 Å². The van der Waals surface area contributed by atoms with E-state index >= 15 is 0 Å². The molecule has 7 heteroatoms. The van der Waals surface area contributed by atoms with Crippen LogP contribution in [0.3, 0.4) is 0 Å². The first kappa shape index (κ1) is 20.8. The second-order valence-electron chi connectivity index (χ2n) is 8.74. The van der Waals surface area contributed by atoms with Gasteiger partial charge in [0.15, 0.2) is 0 Å². The van der Waals surface area contributed by atoms with Crippen molar-refractivity contribution in [2.75, 3.05) is 32.9 Å². The van der Waals surface area contributed by atoms with Crippen molar-refractivity contribution in [2.24, 2.45) is 11.8 Å². The zero-order chi connectivity index (χ0) is 20.3. The van der Waals surface area contributed by atoms with Crippen LogP contribution in [0.25, 0.3) is 0 Å². The molecule has 1 atom stereocenters. The number of rotatable bonds is 7. The summed E-state index contributed by atoms with van der Waals surface area (Å²) in [7, 11) is -3.53. The van der Waals surface area contributed by atoms with Gasteiger partial charge in [0.05, 0.1) is 22.1 Å². The summed E-state index contributed by atoms with van der Waals surface area (Å²) in [4.78, 5) is 0.253. The average molecular weight is 419 g/mol. The van der Waals surface area contributed by atoms with Crippen LogP contribution in [0, 0.1) is 23.2 Å². The van der Waals surface area contributed by atoms with Gasteiger partial charge in [-0.3, -0.25) is 0 Å². The molecule has 3 aliphatic rings. The number of piperidine rings is 1. The lowest BCUT2D eigenvalue weighted by molar-refractivity contribution is -0.123. The van der Waals surface area contributed by atoms with Crippen LogP contribution in [0.1, 0.15) is 50.5 Å². The Balaban J connectivity index is 1.30. The summed E-state index contributed by atoms with van der Waals surface area (Å²) in [6.45, 7) is 3.46. The second-order valence-corrected chi connectivity index (χ2v) is 10.7. The molecule has 0 aromatic heterocycles. The lowest BCUT2D eigenvalue weighted by Crippen LogP contribution is -2.50. The van der Waals surface area contributed by atoms with E-state index in [0.717, 1.165) is 57.8 Å². The first-order valence-electron chi connectivity index (χ1n) is 10.7. The summed E-state index contributed by atoms with van der Waals surface area (Å²) < 4.78 is 39.5. The van der Waals surface area contributed by atoms with E-state index in [1.165, 1.54) is 25.0 Å². The van der Waals surface area contributed by atoms with Crippen LogP contribution in [-0.2, 0) is 19.5 Å². The highest BCUT2D eigenvalue weighted by Gasteiger charge is 2.42. The molecular formula is C22H30N2O4S. The highest BCUT2D eigenvalue weighted by atomic mass is 32.2. The van der Waals surface area contributed by atoms with Crippen molar-refractivity contribution in [1.29, 1.82) is 5.26 Å². The Hall–Kier alpha value is -1.46. The van der Waals surface area contributed by atoms with E-state index in [9.17, 15) is 8.42 Å². The molecule has 1 unspecified atom stereocenters. The average Bonchev–Trinajstić information content (AvgIpc) is 3.56. The topological polar surface area (TPSA) is 79.6 Å². The number of benzene rings is 1. The highest BCUT2D eigenvalue weighted by molar-refractivity contribution is 7.89. The third-order valence-corrected chi connectivity index (χ3v) is 8.48. The summed E-state index contributed by atoms with van der Waals surface area (Å²) in [5.74, 6) is 1.41. The first-order valence-corrected chi connectivity index (χ1v) is 12.2. The molecule has 4 rings (SSSR count). The Kier molecular flexibility index (Phi) is 6.26. The number of nitriles is 1. The van der Waals surface area contributed by atoms with Gasteiger partial charge in [-0.05, 0) is 81.0 Å². The van der Waals surface area contributed by atoms with Crippen LogP contribution < -0.4 is 0 Å². The smallest absolute Gasteiger partial charge is 0.243 e. The van der Waals surface area contributed by atoms with E-state index < -0.39 is 10.0 Å². The molecule has 2 heterocycles. The number of nitrogens with zero attached hydrogens (tertiary/aromatic N) is 2. The minimum atomic E-state index is -3.53. The van der Waals surface area contributed by atoms with Crippen molar-refractivity contribution in [3.05, 3.63) is 29.8 Å². The zero-order valence-corrected chi connectivity index (χ0v) is 17.7. The van der Waals surface area contributed by atoms with Crippen molar-refractivity contribution >= 4 is 10.0 Å². The van der Waals surface area contributed by atoms with Crippen molar-refractivity contribution < 1.29 is 17.9 Å². The first-order chi connectivity index (χ1) is 14.0. The van der Waals surface area contributed by atoms with Gasteiger partial charge in [0.25, 0.3) is 0 Å². The van der Waals surface area contributed by atoms with Crippen molar-refractivity contribution in [3.63, 3.8) is 0 Å². The fraction of sp³-hybridized carbons (Fsp3) is 0.682. The fourth-order valence-electron chi connectivity index (χ4n) is 4.49. The summed E-state index contributed by atoms with van der Waals surface area (Å²) in [5.41, 5.74) is 0.278. The van der Waals surface area contributed by atoms with Crippen LogP contribution >= 0.6 is 0 Å². The van der Waals surface area contributed by atoms with Crippen molar-refractivity contribution in [3.8, 4) is 6.07 Å². The molecule has 29 heavy (non-hydrogen) atoms. The zero-order valence-electron chi connectivity index (χ0n) is 16.9. The molecule has 1 aromatic rings. The molecule has 0 radical (unpaired) electrons.